The highest BCUT2D eigenvalue weighted by Crippen LogP contribution is 2.25. The number of carbonyl (C=O) groups excluding carboxylic acids is 5. The molecule has 2 rings (SSSR count). The highest BCUT2D eigenvalue weighted by molar-refractivity contribution is 7.84. The quantitative estimate of drug-likeness (QED) is 0.0499. The third-order valence-electron chi connectivity index (χ3n) is 5.30. The van der Waals surface area contributed by atoms with E-state index in [1.807, 2.05) is 0 Å². The normalized spacial score (nSPS) is 17.8. The average molecular weight is 656 g/mol. The van der Waals surface area contributed by atoms with Crippen LogP contribution in [-0.4, -0.2) is 103 Å². The van der Waals surface area contributed by atoms with Crippen LogP contribution in [0.2, 0.25) is 25.7 Å². The van der Waals surface area contributed by atoms with Gasteiger partial charge in [0.1, 0.15) is 17.6 Å². The molecular weight excluding hydrogens is 626 g/mol. The number of nitrogens with zero attached hydrogens (tertiary/aromatic N) is 3. The summed E-state index contributed by atoms with van der Waals surface area (Å²) in [5.41, 5.74) is -2.50. The van der Waals surface area contributed by atoms with E-state index >= 15 is 0 Å². The predicted octanol–water partition coefficient (Wildman–Crippen LogP) is 0.373. The Hall–Kier alpha value is -3.13. The number of amides is 3. The Morgan fingerprint density at radius 3 is 2.44 bits per heavy atom. The summed E-state index contributed by atoms with van der Waals surface area (Å²) < 4.78 is 42.1. The Labute approximate surface area is 245 Å². The van der Waals surface area contributed by atoms with E-state index in [0.29, 0.717) is 6.04 Å². The molecule has 41 heavy (non-hydrogen) atoms. The largest absolute Gasteiger partial charge is 0.467 e. The molecule has 2 heterocycles. The van der Waals surface area contributed by atoms with Crippen LogP contribution in [0.3, 0.4) is 0 Å². The first-order valence-corrected chi connectivity index (χ1v) is 18.3. The number of hydrogen-bond donors (Lipinski definition) is 3. The molecule has 1 aromatic heterocycles. The average Bonchev–Trinajstić information content (AvgIpc) is 3.31. The summed E-state index contributed by atoms with van der Waals surface area (Å²) in [6, 6.07) is -3.00. The first-order chi connectivity index (χ1) is 18.8. The van der Waals surface area contributed by atoms with E-state index in [4.69, 9.17) is 21.2 Å². The summed E-state index contributed by atoms with van der Waals surface area (Å²) >= 11 is 6.36. The fraction of sp³-hybridized carbons (Fsp3) is 0.571. The van der Waals surface area contributed by atoms with Crippen molar-refractivity contribution in [2.75, 3.05) is 24.9 Å². The van der Waals surface area contributed by atoms with Crippen molar-refractivity contribution in [3.05, 3.63) is 11.1 Å². The van der Waals surface area contributed by atoms with Crippen molar-refractivity contribution in [2.45, 2.75) is 57.2 Å². The molecule has 1 aliphatic heterocycles. The zero-order valence-corrected chi connectivity index (χ0v) is 26.3. The topological polar surface area (TPSA) is 220 Å². The number of rotatable bonds is 13. The summed E-state index contributed by atoms with van der Waals surface area (Å²) in [5, 5.41) is 9.57. The molecule has 1 fully saturated rings. The number of ether oxygens (including phenoxy) is 2. The zero-order chi connectivity index (χ0) is 31.3. The second kappa shape index (κ2) is 13.2. The second-order valence-corrected chi connectivity index (χ2v) is 18.3. The molecule has 0 spiro atoms. The van der Waals surface area contributed by atoms with Gasteiger partial charge in [-0.05, 0) is 19.9 Å². The molecule has 0 bridgehead atoms. The molecule has 0 radical (unpaired) electrons. The molecule has 0 unspecified atom stereocenters. The van der Waals surface area contributed by atoms with E-state index in [1.54, 1.807) is 0 Å². The standard InChI is InChI=1S/C21H30ClN5O11S2Si/c1-21(2,19(32)37-7-8-41(4,5)6)38-26-13(11-10-39-20(23-11)24-12(28)9-22)16(29)25-14-15(18(31)36-3)27(17(14)30)40(33,34)35/h10,14-15H,7-9H2,1-6H3,(H,25,29)(H,23,24,28)(H,33,34,35)/t14-,15-/m0/s1. The van der Waals surface area contributed by atoms with E-state index < -0.39 is 71.4 Å². The number of halogens is 1. The van der Waals surface area contributed by atoms with Gasteiger partial charge in [-0.1, -0.05) is 24.8 Å². The van der Waals surface area contributed by atoms with Crippen LogP contribution >= 0.6 is 22.9 Å². The van der Waals surface area contributed by atoms with Crippen LogP contribution in [-0.2, 0) is 48.6 Å². The van der Waals surface area contributed by atoms with E-state index in [2.05, 4.69) is 45.2 Å². The lowest BCUT2D eigenvalue weighted by Crippen LogP contribution is -2.74. The number of oxime groups is 1. The third kappa shape index (κ3) is 8.92. The van der Waals surface area contributed by atoms with Gasteiger partial charge in [0.15, 0.2) is 16.9 Å². The number of hydrogen-bond acceptors (Lipinski definition) is 13. The minimum atomic E-state index is -5.16. The maximum atomic E-state index is 13.2. The van der Waals surface area contributed by atoms with Crippen molar-refractivity contribution < 1.29 is 51.3 Å². The van der Waals surface area contributed by atoms with Gasteiger partial charge in [-0.3, -0.25) is 18.9 Å². The van der Waals surface area contributed by atoms with Gasteiger partial charge in [0.2, 0.25) is 11.5 Å². The molecule has 3 amide bonds. The van der Waals surface area contributed by atoms with E-state index in [1.165, 1.54) is 19.2 Å². The van der Waals surface area contributed by atoms with Gasteiger partial charge in [-0.15, -0.1) is 22.9 Å². The molecule has 20 heteroatoms. The molecule has 1 aromatic rings. The van der Waals surface area contributed by atoms with Gasteiger partial charge in [-0.2, -0.15) is 12.7 Å². The van der Waals surface area contributed by atoms with Crippen LogP contribution in [0.4, 0.5) is 5.13 Å². The summed E-state index contributed by atoms with van der Waals surface area (Å²) in [7, 11) is -5.76. The summed E-state index contributed by atoms with van der Waals surface area (Å²) in [5.74, 6) is -5.52. The van der Waals surface area contributed by atoms with Gasteiger partial charge in [-0.25, -0.2) is 14.6 Å². The number of thiazole rings is 1. The van der Waals surface area contributed by atoms with E-state index in [-0.39, 0.29) is 27.6 Å². The lowest BCUT2D eigenvalue weighted by Gasteiger charge is -2.41. The molecule has 1 aliphatic rings. The summed E-state index contributed by atoms with van der Waals surface area (Å²) in [6.45, 7) is 9.12. The maximum absolute atomic E-state index is 13.2. The molecule has 0 aliphatic carbocycles. The van der Waals surface area contributed by atoms with Gasteiger partial charge in [0.25, 0.3) is 11.8 Å². The number of alkyl halides is 1. The van der Waals surface area contributed by atoms with Crippen molar-refractivity contribution in [2.24, 2.45) is 5.16 Å². The fourth-order valence-electron chi connectivity index (χ4n) is 3.04. The highest BCUT2D eigenvalue weighted by Gasteiger charge is 2.58. The van der Waals surface area contributed by atoms with Crippen LogP contribution in [0.15, 0.2) is 10.5 Å². The number of nitrogens with one attached hydrogen (secondary N) is 2. The number of carbonyl (C=O) groups is 5. The minimum absolute atomic E-state index is 0.0147. The van der Waals surface area contributed by atoms with Crippen LogP contribution < -0.4 is 10.6 Å². The molecule has 0 aromatic carbocycles. The Bertz CT molecular complexity index is 1340. The third-order valence-corrected chi connectivity index (χ3v) is 8.91. The van der Waals surface area contributed by atoms with Crippen LogP contribution in [0, 0.1) is 0 Å². The molecular formula is C21H30ClN5O11S2Si. The molecule has 1 saturated heterocycles. The van der Waals surface area contributed by atoms with Gasteiger partial charge >= 0.3 is 22.2 Å². The number of β-lactam (4-membered cyclic amide) rings is 1. The van der Waals surface area contributed by atoms with Crippen molar-refractivity contribution in [1.82, 2.24) is 14.6 Å². The van der Waals surface area contributed by atoms with Gasteiger partial charge in [0.05, 0.1) is 13.7 Å². The van der Waals surface area contributed by atoms with Crippen molar-refractivity contribution in [3.63, 3.8) is 0 Å². The smallest absolute Gasteiger partial charge is 0.363 e. The molecule has 3 N–H and O–H groups in total. The molecule has 228 valence electrons. The first kappa shape index (κ1) is 34.1. The van der Waals surface area contributed by atoms with Crippen LogP contribution in [0.25, 0.3) is 0 Å². The number of methoxy groups -OCH3 is 1. The molecule has 0 saturated carbocycles. The predicted molar refractivity (Wildman–Crippen MR) is 148 cm³/mol. The zero-order valence-electron chi connectivity index (χ0n) is 22.9. The second-order valence-electron chi connectivity index (χ2n) is 10.2. The monoisotopic (exact) mass is 655 g/mol. The summed E-state index contributed by atoms with van der Waals surface area (Å²) in [4.78, 5) is 71.5. The fourth-order valence-corrected chi connectivity index (χ4v) is 5.37. The molecule has 16 nitrogen and oxygen atoms in total. The van der Waals surface area contributed by atoms with E-state index in [0.717, 1.165) is 18.4 Å². The Morgan fingerprint density at radius 1 is 1.27 bits per heavy atom. The van der Waals surface area contributed by atoms with E-state index in [9.17, 15) is 36.9 Å². The lowest BCUT2D eigenvalue weighted by atomic mass is 9.98. The SMILES string of the molecule is COC(=O)[C@@H]1[C@H](NC(=O)C(=NOC(C)(C)C(=O)OCC[Si](C)(C)C)c2csc(NC(=O)CCl)n2)C(=O)N1S(=O)(=O)O. The minimum Gasteiger partial charge on any atom is -0.467 e. The molecule has 2 atom stereocenters. The Balaban J connectivity index is 2.36. The maximum Gasteiger partial charge on any atom is 0.363 e. The van der Waals surface area contributed by atoms with Crippen LogP contribution in [0.5, 0.6) is 0 Å². The number of aromatic nitrogens is 1. The first-order valence-electron chi connectivity index (χ1n) is 11.8. The highest BCUT2D eigenvalue weighted by atomic mass is 35.5. The summed E-state index contributed by atoms with van der Waals surface area (Å²) in [6.07, 6.45) is 0. The Morgan fingerprint density at radius 2 is 1.90 bits per heavy atom. The van der Waals surface area contributed by atoms with Gasteiger partial charge in [0, 0.05) is 13.5 Å². The van der Waals surface area contributed by atoms with Gasteiger partial charge < -0.3 is 24.9 Å². The number of anilines is 1. The van der Waals surface area contributed by atoms with Crippen molar-refractivity contribution >= 4 is 81.8 Å². The number of esters is 2. The van der Waals surface area contributed by atoms with Crippen molar-refractivity contribution in [3.8, 4) is 0 Å². The Kier molecular flexibility index (Phi) is 11.0. The van der Waals surface area contributed by atoms with Crippen LogP contribution in [0.1, 0.15) is 19.5 Å². The lowest BCUT2D eigenvalue weighted by molar-refractivity contribution is -0.167. The van der Waals surface area contributed by atoms with Crippen molar-refractivity contribution in [1.29, 1.82) is 0 Å².